The average molecular weight is 519 g/mol. The normalized spacial score (nSPS) is 13.8. The standard InChI is InChI=1S/C29H31FN4O4/c1-29(2,3)38-28(36)33-12-5-6-25-24(17-33)23-10-9-21(14-26(23)32(25)4)34-13-11-22(15-27(34)35)37-18-20-8-7-19(30)16-31-20/h7-11,13-16H,5-6,12,17-18H2,1-4H3. The first-order chi connectivity index (χ1) is 18.1. The lowest BCUT2D eigenvalue weighted by atomic mass is 10.1. The molecule has 0 radical (unpaired) electrons. The van der Waals surface area contributed by atoms with Crippen molar-refractivity contribution in [3.8, 4) is 11.4 Å². The highest BCUT2D eigenvalue weighted by Crippen LogP contribution is 2.31. The van der Waals surface area contributed by atoms with Crippen LogP contribution in [0.25, 0.3) is 16.6 Å². The number of fused-ring (bicyclic) bond motifs is 3. The van der Waals surface area contributed by atoms with Gasteiger partial charge in [0, 0.05) is 42.5 Å². The first-order valence-corrected chi connectivity index (χ1v) is 12.6. The van der Waals surface area contributed by atoms with Gasteiger partial charge in [0.15, 0.2) is 0 Å². The fourth-order valence-corrected chi connectivity index (χ4v) is 4.80. The molecule has 0 aliphatic carbocycles. The van der Waals surface area contributed by atoms with E-state index in [0.29, 0.717) is 24.5 Å². The molecule has 0 atom stereocenters. The molecule has 0 saturated carbocycles. The number of benzene rings is 1. The van der Waals surface area contributed by atoms with E-state index < -0.39 is 11.4 Å². The Morgan fingerprint density at radius 1 is 1.13 bits per heavy atom. The van der Waals surface area contributed by atoms with Crippen molar-refractivity contribution < 1.29 is 18.7 Å². The Morgan fingerprint density at radius 2 is 1.95 bits per heavy atom. The topological polar surface area (TPSA) is 78.6 Å². The summed E-state index contributed by atoms with van der Waals surface area (Å²) in [6.45, 7) is 6.87. The minimum atomic E-state index is -0.550. The molecule has 4 aromatic rings. The SMILES string of the molecule is Cn1c2c(c3ccc(-n4ccc(OCc5ccc(F)cn5)cc4=O)cc31)CN(C(=O)OC(C)(C)C)CCC2. The molecule has 4 heterocycles. The lowest BCUT2D eigenvalue weighted by molar-refractivity contribution is 0.0237. The van der Waals surface area contributed by atoms with Crippen LogP contribution in [0.5, 0.6) is 5.75 Å². The number of halogens is 1. The van der Waals surface area contributed by atoms with Crippen molar-refractivity contribution in [2.24, 2.45) is 7.05 Å². The predicted octanol–water partition coefficient (Wildman–Crippen LogP) is 5.13. The molecule has 3 aromatic heterocycles. The molecule has 0 fully saturated rings. The van der Waals surface area contributed by atoms with Gasteiger partial charge in [-0.2, -0.15) is 0 Å². The Morgan fingerprint density at radius 3 is 2.66 bits per heavy atom. The van der Waals surface area contributed by atoms with Gasteiger partial charge in [-0.05, 0) is 63.9 Å². The number of aryl methyl sites for hydroxylation is 1. The summed E-state index contributed by atoms with van der Waals surface area (Å²) in [7, 11) is 2.03. The first-order valence-electron chi connectivity index (χ1n) is 12.6. The lowest BCUT2D eigenvalue weighted by Gasteiger charge is -2.26. The van der Waals surface area contributed by atoms with Gasteiger partial charge < -0.3 is 18.9 Å². The molecule has 198 valence electrons. The fraction of sp³-hybridized carbons (Fsp3) is 0.345. The molecule has 1 aliphatic rings. The minimum Gasteiger partial charge on any atom is -0.487 e. The molecule has 0 unspecified atom stereocenters. The molecule has 0 spiro atoms. The Labute approximate surface area is 220 Å². The van der Waals surface area contributed by atoms with E-state index in [0.717, 1.165) is 41.2 Å². The third-order valence-electron chi connectivity index (χ3n) is 6.61. The van der Waals surface area contributed by atoms with E-state index in [1.54, 1.807) is 27.8 Å². The van der Waals surface area contributed by atoms with Crippen molar-refractivity contribution in [2.75, 3.05) is 6.54 Å². The third kappa shape index (κ3) is 5.27. The molecule has 1 amide bonds. The molecule has 38 heavy (non-hydrogen) atoms. The zero-order valence-electron chi connectivity index (χ0n) is 22.0. The van der Waals surface area contributed by atoms with Crippen molar-refractivity contribution in [3.05, 3.63) is 88.0 Å². The van der Waals surface area contributed by atoms with Gasteiger partial charge >= 0.3 is 6.09 Å². The Kier molecular flexibility index (Phi) is 6.69. The number of nitrogens with zero attached hydrogens (tertiary/aromatic N) is 4. The fourth-order valence-electron chi connectivity index (χ4n) is 4.80. The van der Waals surface area contributed by atoms with Crippen LogP contribution in [0.4, 0.5) is 9.18 Å². The van der Waals surface area contributed by atoms with Crippen LogP contribution < -0.4 is 10.3 Å². The number of carbonyl (C=O) groups is 1. The van der Waals surface area contributed by atoms with Crippen molar-refractivity contribution in [1.29, 1.82) is 0 Å². The summed E-state index contributed by atoms with van der Waals surface area (Å²) < 4.78 is 28.1. The number of aromatic nitrogens is 3. The number of hydrogen-bond donors (Lipinski definition) is 0. The van der Waals surface area contributed by atoms with Crippen LogP contribution in [-0.2, 0) is 31.4 Å². The van der Waals surface area contributed by atoms with Gasteiger partial charge in [0.25, 0.3) is 5.56 Å². The van der Waals surface area contributed by atoms with Crippen LogP contribution in [0, 0.1) is 5.82 Å². The van der Waals surface area contributed by atoms with Gasteiger partial charge in [0.05, 0.1) is 29.6 Å². The molecule has 1 aromatic carbocycles. The number of rotatable bonds is 4. The van der Waals surface area contributed by atoms with Crippen molar-refractivity contribution in [3.63, 3.8) is 0 Å². The predicted molar refractivity (Wildman–Crippen MR) is 142 cm³/mol. The van der Waals surface area contributed by atoms with Gasteiger partial charge in [-0.25, -0.2) is 9.18 Å². The van der Waals surface area contributed by atoms with Crippen LogP contribution in [-0.4, -0.2) is 37.3 Å². The molecule has 0 saturated heterocycles. The summed E-state index contributed by atoms with van der Waals surface area (Å²) in [5.74, 6) is -0.00502. The van der Waals surface area contributed by atoms with E-state index in [4.69, 9.17) is 9.47 Å². The van der Waals surface area contributed by atoms with E-state index in [-0.39, 0.29) is 18.3 Å². The second-order valence-electron chi connectivity index (χ2n) is 10.5. The van der Waals surface area contributed by atoms with Gasteiger partial charge in [0.1, 0.15) is 23.8 Å². The highest BCUT2D eigenvalue weighted by molar-refractivity contribution is 5.88. The highest BCUT2D eigenvalue weighted by Gasteiger charge is 2.27. The minimum absolute atomic E-state index is 0.130. The Bertz CT molecular complexity index is 1550. The number of amides is 1. The zero-order valence-corrected chi connectivity index (χ0v) is 22.0. The number of pyridine rings is 2. The van der Waals surface area contributed by atoms with Crippen molar-refractivity contribution in [1.82, 2.24) is 19.0 Å². The maximum Gasteiger partial charge on any atom is 0.410 e. The Balaban J connectivity index is 1.40. The van der Waals surface area contributed by atoms with E-state index in [9.17, 15) is 14.0 Å². The number of hydrogen-bond acceptors (Lipinski definition) is 5. The van der Waals surface area contributed by atoms with Gasteiger partial charge in [-0.1, -0.05) is 6.07 Å². The Hall–Kier alpha value is -4.14. The van der Waals surface area contributed by atoms with E-state index in [1.165, 1.54) is 17.8 Å². The van der Waals surface area contributed by atoms with Crippen LogP contribution in [0.2, 0.25) is 0 Å². The summed E-state index contributed by atoms with van der Waals surface area (Å²) in [5, 5.41) is 1.06. The van der Waals surface area contributed by atoms with E-state index in [2.05, 4.69) is 9.55 Å². The second kappa shape index (κ2) is 9.96. The zero-order chi connectivity index (χ0) is 27.0. The summed E-state index contributed by atoms with van der Waals surface area (Å²) in [6, 6.07) is 11.9. The first kappa shape index (κ1) is 25.5. The van der Waals surface area contributed by atoms with Crippen molar-refractivity contribution >= 4 is 17.0 Å². The van der Waals surface area contributed by atoms with Crippen LogP contribution in [0.3, 0.4) is 0 Å². The summed E-state index contributed by atoms with van der Waals surface area (Å²) in [4.78, 5) is 31.5. The van der Waals surface area contributed by atoms with Crippen LogP contribution in [0.15, 0.2) is 59.7 Å². The van der Waals surface area contributed by atoms with Gasteiger partial charge in [-0.15, -0.1) is 0 Å². The smallest absolute Gasteiger partial charge is 0.410 e. The van der Waals surface area contributed by atoms with Gasteiger partial charge in [-0.3, -0.25) is 14.3 Å². The van der Waals surface area contributed by atoms with E-state index in [1.807, 2.05) is 46.0 Å². The monoisotopic (exact) mass is 518 g/mol. The van der Waals surface area contributed by atoms with E-state index >= 15 is 0 Å². The maximum atomic E-state index is 13.0. The molecule has 9 heteroatoms. The van der Waals surface area contributed by atoms with Gasteiger partial charge in [0.2, 0.25) is 0 Å². The molecule has 1 aliphatic heterocycles. The maximum absolute atomic E-state index is 13.0. The summed E-state index contributed by atoms with van der Waals surface area (Å²) in [6.07, 6.45) is 4.20. The molecule has 0 N–H and O–H groups in total. The highest BCUT2D eigenvalue weighted by atomic mass is 19.1. The quantitative estimate of drug-likeness (QED) is 0.375. The average Bonchev–Trinajstić information content (AvgIpc) is 3.00. The number of ether oxygens (including phenoxy) is 2. The molecule has 8 nitrogen and oxygen atoms in total. The molecular formula is C29H31FN4O4. The van der Waals surface area contributed by atoms with Crippen LogP contribution in [0.1, 0.15) is 44.1 Å². The molecule has 0 bridgehead atoms. The van der Waals surface area contributed by atoms with Crippen LogP contribution >= 0.6 is 0 Å². The third-order valence-corrected chi connectivity index (χ3v) is 6.61. The number of carbonyl (C=O) groups excluding carboxylic acids is 1. The molecular weight excluding hydrogens is 487 g/mol. The summed E-state index contributed by atoms with van der Waals surface area (Å²) in [5.41, 5.74) is 3.81. The largest absolute Gasteiger partial charge is 0.487 e. The van der Waals surface area contributed by atoms with Crippen molar-refractivity contribution in [2.45, 2.75) is 52.4 Å². The summed E-state index contributed by atoms with van der Waals surface area (Å²) >= 11 is 0. The molecule has 5 rings (SSSR count). The lowest BCUT2D eigenvalue weighted by Crippen LogP contribution is -2.36. The second-order valence-corrected chi connectivity index (χ2v) is 10.5.